The van der Waals surface area contributed by atoms with Gasteiger partial charge in [0.1, 0.15) is 0 Å². The van der Waals surface area contributed by atoms with Crippen molar-refractivity contribution in [1.29, 1.82) is 0 Å². The lowest BCUT2D eigenvalue weighted by atomic mass is 10.1. The Morgan fingerprint density at radius 3 is 2.57 bits per heavy atom. The Kier molecular flexibility index (Phi) is 4.97. The van der Waals surface area contributed by atoms with Crippen molar-refractivity contribution < 1.29 is 13.9 Å². The van der Waals surface area contributed by atoms with Crippen molar-refractivity contribution in [3.63, 3.8) is 0 Å². The molecule has 0 saturated carbocycles. The number of ether oxygens (including phenoxy) is 1. The number of anilines is 2. The van der Waals surface area contributed by atoms with Gasteiger partial charge >= 0.3 is 5.97 Å². The number of carbonyl (C=O) groups excluding carboxylic acids is 1. The van der Waals surface area contributed by atoms with Gasteiger partial charge in [-0.15, -0.1) is 0 Å². The second kappa shape index (κ2) is 6.60. The van der Waals surface area contributed by atoms with Crippen LogP contribution in [0.3, 0.4) is 0 Å². The molecule has 0 bridgehead atoms. The minimum absolute atomic E-state index is 0.0391. The molecule has 2 aromatic rings. The van der Waals surface area contributed by atoms with Crippen LogP contribution in [0.25, 0.3) is 11.3 Å². The highest BCUT2D eigenvalue weighted by atomic mass is 35.5. The first-order valence-corrected chi connectivity index (χ1v) is 7.23. The molecule has 1 aromatic heterocycles. The van der Waals surface area contributed by atoms with E-state index in [-0.39, 0.29) is 38.4 Å². The van der Waals surface area contributed by atoms with Crippen LogP contribution in [0, 0.1) is 5.82 Å². The summed E-state index contributed by atoms with van der Waals surface area (Å²) >= 11 is 12.0. The molecule has 0 unspecified atom stereocenters. The van der Waals surface area contributed by atoms with E-state index in [9.17, 15) is 9.18 Å². The number of aromatic nitrogens is 1. The largest absolute Gasteiger partial charge is 0.464 e. The third kappa shape index (κ3) is 3.18. The number of pyridine rings is 1. The fourth-order valence-corrected chi connectivity index (χ4v) is 2.56. The van der Waals surface area contributed by atoms with Gasteiger partial charge in [0.25, 0.3) is 0 Å². The molecule has 0 fully saturated rings. The molecule has 1 heterocycles. The molecule has 0 spiro atoms. The summed E-state index contributed by atoms with van der Waals surface area (Å²) in [5.41, 5.74) is 6.22. The van der Waals surface area contributed by atoms with E-state index in [1.165, 1.54) is 19.2 Å². The second-order valence-electron chi connectivity index (χ2n) is 4.90. The van der Waals surface area contributed by atoms with Crippen molar-refractivity contribution in [2.45, 2.75) is 0 Å². The number of nitrogens with zero attached hydrogens (tertiary/aromatic N) is 2. The van der Waals surface area contributed by atoms with Crippen LogP contribution in [0.5, 0.6) is 0 Å². The summed E-state index contributed by atoms with van der Waals surface area (Å²) in [6.07, 6.45) is 0. The quantitative estimate of drug-likeness (QED) is 0.849. The zero-order valence-corrected chi connectivity index (χ0v) is 14.2. The lowest BCUT2D eigenvalue weighted by Gasteiger charge is -2.18. The van der Waals surface area contributed by atoms with Gasteiger partial charge in [0.05, 0.1) is 34.2 Å². The maximum atomic E-state index is 14.8. The molecule has 1 aromatic carbocycles. The summed E-state index contributed by atoms with van der Waals surface area (Å²) in [6, 6.07) is 4.39. The predicted molar refractivity (Wildman–Crippen MR) is 89.7 cm³/mol. The average Bonchev–Trinajstić information content (AvgIpc) is 2.49. The predicted octanol–water partition coefficient (Wildman–Crippen LogP) is 3.63. The summed E-state index contributed by atoms with van der Waals surface area (Å²) in [4.78, 5) is 17.4. The van der Waals surface area contributed by atoms with E-state index < -0.39 is 11.8 Å². The molecule has 8 heteroatoms. The summed E-state index contributed by atoms with van der Waals surface area (Å²) in [5, 5.41) is 0.217. The molecule has 0 aliphatic carbocycles. The van der Waals surface area contributed by atoms with Crippen LogP contribution in [0.4, 0.5) is 15.8 Å². The second-order valence-corrected chi connectivity index (χ2v) is 5.69. The van der Waals surface area contributed by atoms with E-state index in [1.807, 2.05) is 0 Å². The number of rotatable bonds is 3. The van der Waals surface area contributed by atoms with E-state index in [2.05, 4.69) is 9.72 Å². The number of halogens is 3. The van der Waals surface area contributed by atoms with Crippen LogP contribution in [0.15, 0.2) is 18.2 Å². The Hall–Kier alpha value is -2.05. The Labute approximate surface area is 142 Å². The number of carbonyl (C=O) groups is 1. The SMILES string of the molecule is COC(=O)c1nc(-c2ccc(Cl)c(N(C)C)c2F)cc(N)c1Cl. The molecule has 0 radical (unpaired) electrons. The number of esters is 1. The fourth-order valence-electron chi connectivity index (χ4n) is 2.07. The molecule has 2 rings (SSSR count). The van der Waals surface area contributed by atoms with Gasteiger partial charge in [-0.3, -0.25) is 0 Å². The smallest absolute Gasteiger partial charge is 0.358 e. The molecule has 5 nitrogen and oxygen atoms in total. The van der Waals surface area contributed by atoms with Gasteiger partial charge < -0.3 is 15.4 Å². The van der Waals surface area contributed by atoms with Crippen LogP contribution in [-0.4, -0.2) is 32.2 Å². The van der Waals surface area contributed by atoms with Gasteiger partial charge in [0, 0.05) is 19.7 Å². The highest BCUT2D eigenvalue weighted by molar-refractivity contribution is 6.36. The van der Waals surface area contributed by atoms with Gasteiger partial charge in [-0.25, -0.2) is 14.2 Å². The lowest BCUT2D eigenvalue weighted by Crippen LogP contribution is -2.12. The first-order chi connectivity index (χ1) is 10.8. The van der Waals surface area contributed by atoms with E-state index in [0.717, 1.165) is 0 Å². The Balaban J connectivity index is 2.71. The van der Waals surface area contributed by atoms with Crippen molar-refractivity contribution in [1.82, 2.24) is 4.98 Å². The third-order valence-corrected chi connectivity index (χ3v) is 3.86. The minimum Gasteiger partial charge on any atom is -0.464 e. The van der Waals surface area contributed by atoms with Crippen LogP contribution >= 0.6 is 23.2 Å². The molecule has 122 valence electrons. The van der Waals surface area contributed by atoms with Crippen molar-refractivity contribution in [3.05, 3.63) is 39.8 Å². The van der Waals surface area contributed by atoms with E-state index in [4.69, 9.17) is 28.9 Å². The minimum atomic E-state index is -0.759. The van der Waals surface area contributed by atoms with Crippen LogP contribution in [0.1, 0.15) is 10.5 Å². The zero-order valence-electron chi connectivity index (χ0n) is 12.7. The van der Waals surface area contributed by atoms with E-state index in [1.54, 1.807) is 25.1 Å². The maximum Gasteiger partial charge on any atom is 0.358 e. The number of hydrogen-bond acceptors (Lipinski definition) is 5. The molecule has 0 saturated heterocycles. The Morgan fingerprint density at radius 2 is 2.00 bits per heavy atom. The lowest BCUT2D eigenvalue weighted by molar-refractivity contribution is 0.0594. The molecule has 23 heavy (non-hydrogen) atoms. The van der Waals surface area contributed by atoms with Gasteiger partial charge in [0.15, 0.2) is 11.5 Å². The first kappa shape index (κ1) is 17.3. The van der Waals surface area contributed by atoms with Gasteiger partial charge in [-0.2, -0.15) is 0 Å². The highest BCUT2D eigenvalue weighted by Crippen LogP contribution is 2.36. The highest BCUT2D eigenvalue weighted by Gasteiger charge is 2.21. The topological polar surface area (TPSA) is 68.5 Å². The van der Waals surface area contributed by atoms with Gasteiger partial charge in [0.2, 0.25) is 0 Å². The van der Waals surface area contributed by atoms with Crippen molar-refractivity contribution in [2.24, 2.45) is 0 Å². The number of hydrogen-bond donors (Lipinski definition) is 1. The van der Waals surface area contributed by atoms with Crippen LogP contribution < -0.4 is 10.6 Å². The van der Waals surface area contributed by atoms with Crippen LogP contribution in [-0.2, 0) is 4.74 Å². The molecule has 0 aliphatic heterocycles. The molecule has 0 atom stereocenters. The average molecular weight is 358 g/mol. The first-order valence-electron chi connectivity index (χ1n) is 6.48. The van der Waals surface area contributed by atoms with Crippen molar-refractivity contribution in [2.75, 3.05) is 31.8 Å². The standard InChI is InChI=1S/C15H14Cl2FN3O2/c1-21(2)14-8(16)5-4-7(12(14)18)10-6-9(19)11(17)13(20-10)15(22)23-3/h4-6H,1-3H3,(H2,19,20). The molecular weight excluding hydrogens is 344 g/mol. The number of methoxy groups -OCH3 is 1. The maximum absolute atomic E-state index is 14.8. The number of nitrogens with two attached hydrogens (primary N) is 1. The Morgan fingerprint density at radius 1 is 1.35 bits per heavy atom. The molecule has 0 amide bonds. The number of benzene rings is 1. The fraction of sp³-hybridized carbons (Fsp3) is 0.200. The summed E-state index contributed by atoms with van der Waals surface area (Å²) in [5.74, 6) is -1.33. The molecular formula is C15H14Cl2FN3O2. The number of nitrogen functional groups attached to an aromatic ring is 1. The summed E-state index contributed by atoms with van der Waals surface area (Å²) < 4.78 is 19.4. The summed E-state index contributed by atoms with van der Waals surface area (Å²) in [6.45, 7) is 0. The van der Waals surface area contributed by atoms with Crippen molar-refractivity contribution in [3.8, 4) is 11.3 Å². The third-order valence-electron chi connectivity index (χ3n) is 3.15. The van der Waals surface area contributed by atoms with Gasteiger partial charge in [-0.1, -0.05) is 23.2 Å². The zero-order chi connectivity index (χ0) is 17.3. The van der Waals surface area contributed by atoms with E-state index in [0.29, 0.717) is 0 Å². The van der Waals surface area contributed by atoms with Gasteiger partial charge in [-0.05, 0) is 18.2 Å². The Bertz CT molecular complexity index is 782. The normalized spacial score (nSPS) is 10.5. The molecule has 0 aliphatic rings. The summed E-state index contributed by atoms with van der Waals surface area (Å²) in [7, 11) is 4.52. The monoisotopic (exact) mass is 357 g/mol. The van der Waals surface area contributed by atoms with E-state index >= 15 is 0 Å². The van der Waals surface area contributed by atoms with Crippen LogP contribution in [0.2, 0.25) is 10.0 Å². The van der Waals surface area contributed by atoms with Crippen molar-refractivity contribution >= 4 is 40.5 Å². The molecule has 2 N–H and O–H groups in total.